The van der Waals surface area contributed by atoms with Crippen LogP contribution in [0.5, 0.6) is 0 Å². The Hall–Kier alpha value is -1.22. The van der Waals surface area contributed by atoms with Crippen LogP contribution in [-0.4, -0.2) is 18.5 Å². The first-order valence-electron chi connectivity index (χ1n) is 6.16. The van der Waals surface area contributed by atoms with Crippen LogP contribution in [0.4, 0.5) is 4.39 Å². The zero-order valence-corrected chi connectivity index (χ0v) is 9.82. The van der Waals surface area contributed by atoms with Gasteiger partial charge in [0, 0.05) is 18.6 Å². The third kappa shape index (κ3) is 3.63. The molecule has 0 saturated carbocycles. The lowest BCUT2D eigenvalue weighted by molar-refractivity contribution is 0.0104. The number of carbonyl (C=O) groups excluding carboxylic acids is 1. The fraction of sp³-hybridized carbons (Fsp3) is 0.500. The van der Waals surface area contributed by atoms with Gasteiger partial charge in [-0.25, -0.2) is 4.39 Å². The van der Waals surface area contributed by atoms with Crippen LogP contribution in [0.25, 0.3) is 0 Å². The van der Waals surface area contributed by atoms with E-state index >= 15 is 0 Å². The fourth-order valence-corrected chi connectivity index (χ4v) is 2.11. The van der Waals surface area contributed by atoms with Crippen LogP contribution in [0.3, 0.4) is 0 Å². The highest BCUT2D eigenvalue weighted by Gasteiger charge is 2.15. The molecule has 1 atom stereocenters. The number of benzene rings is 1. The summed E-state index contributed by atoms with van der Waals surface area (Å²) in [5.74, 6) is -0.240. The molecule has 1 aromatic carbocycles. The van der Waals surface area contributed by atoms with Crippen LogP contribution in [0.15, 0.2) is 24.3 Å². The van der Waals surface area contributed by atoms with E-state index in [0.29, 0.717) is 12.0 Å². The van der Waals surface area contributed by atoms with Crippen molar-refractivity contribution in [2.24, 2.45) is 0 Å². The van der Waals surface area contributed by atoms with Gasteiger partial charge in [0.2, 0.25) is 0 Å². The minimum atomic E-state index is -0.308. The predicted molar refractivity (Wildman–Crippen MR) is 63.6 cm³/mol. The molecular formula is C14H17FO2. The number of Topliss-reactive ketones (excluding diaryl/α,β-unsaturated/α-hetero) is 1. The SMILES string of the molecule is O=C(CCC1CCCCO1)c1ccc(F)cc1. The van der Waals surface area contributed by atoms with Crippen molar-refractivity contribution >= 4 is 5.78 Å². The highest BCUT2D eigenvalue weighted by molar-refractivity contribution is 5.95. The molecule has 3 heteroatoms. The number of ether oxygens (including phenoxy) is 1. The second-order valence-electron chi connectivity index (χ2n) is 4.46. The molecule has 0 aliphatic carbocycles. The van der Waals surface area contributed by atoms with Gasteiger partial charge in [-0.15, -0.1) is 0 Å². The van der Waals surface area contributed by atoms with Gasteiger partial charge in [-0.3, -0.25) is 4.79 Å². The van der Waals surface area contributed by atoms with Crippen molar-refractivity contribution in [3.8, 4) is 0 Å². The molecule has 1 aliphatic rings. The molecule has 2 nitrogen and oxygen atoms in total. The Kier molecular flexibility index (Phi) is 4.26. The zero-order valence-electron chi connectivity index (χ0n) is 9.82. The molecule has 0 bridgehead atoms. The molecule has 1 aromatic rings. The molecule has 2 rings (SSSR count). The Morgan fingerprint density at radius 1 is 1.29 bits per heavy atom. The summed E-state index contributed by atoms with van der Waals surface area (Å²) in [7, 11) is 0. The zero-order chi connectivity index (χ0) is 12.1. The number of ketones is 1. The molecule has 1 aliphatic heterocycles. The van der Waals surface area contributed by atoms with Crippen LogP contribution in [0, 0.1) is 5.82 Å². The Labute approximate surface area is 101 Å². The van der Waals surface area contributed by atoms with Crippen LogP contribution in [0.2, 0.25) is 0 Å². The maximum absolute atomic E-state index is 12.7. The fourth-order valence-electron chi connectivity index (χ4n) is 2.11. The smallest absolute Gasteiger partial charge is 0.162 e. The maximum atomic E-state index is 12.7. The molecular weight excluding hydrogens is 219 g/mol. The Balaban J connectivity index is 1.82. The Morgan fingerprint density at radius 3 is 2.71 bits per heavy atom. The van der Waals surface area contributed by atoms with E-state index < -0.39 is 0 Å². The molecule has 0 aromatic heterocycles. The predicted octanol–water partition coefficient (Wildman–Crippen LogP) is 3.36. The van der Waals surface area contributed by atoms with Crippen molar-refractivity contribution in [3.05, 3.63) is 35.6 Å². The molecule has 0 amide bonds. The highest BCUT2D eigenvalue weighted by Crippen LogP contribution is 2.18. The van der Waals surface area contributed by atoms with E-state index in [1.165, 1.54) is 18.6 Å². The van der Waals surface area contributed by atoms with Gasteiger partial charge in [0.1, 0.15) is 5.82 Å². The van der Waals surface area contributed by atoms with Gasteiger partial charge in [-0.1, -0.05) is 0 Å². The average molecular weight is 236 g/mol. The summed E-state index contributed by atoms with van der Waals surface area (Å²) >= 11 is 0. The molecule has 1 unspecified atom stereocenters. The largest absolute Gasteiger partial charge is 0.378 e. The second-order valence-corrected chi connectivity index (χ2v) is 4.46. The summed E-state index contributed by atoms with van der Waals surface area (Å²) in [6.45, 7) is 0.815. The second kappa shape index (κ2) is 5.92. The highest BCUT2D eigenvalue weighted by atomic mass is 19.1. The van der Waals surface area contributed by atoms with Gasteiger partial charge in [0.05, 0.1) is 6.10 Å². The molecule has 1 fully saturated rings. The van der Waals surface area contributed by atoms with E-state index in [9.17, 15) is 9.18 Å². The molecule has 92 valence electrons. The molecule has 1 heterocycles. The van der Waals surface area contributed by atoms with Gasteiger partial charge >= 0.3 is 0 Å². The van der Waals surface area contributed by atoms with E-state index in [4.69, 9.17) is 4.74 Å². The normalized spacial score (nSPS) is 20.2. The summed E-state index contributed by atoms with van der Waals surface area (Å²) in [5.41, 5.74) is 0.585. The summed E-state index contributed by atoms with van der Waals surface area (Å²) in [5, 5.41) is 0. The van der Waals surface area contributed by atoms with Crippen molar-refractivity contribution < 1.29 is 13.9 Å². The van der Waals surface area contributed by atoms with Crippen LogP contribution in [0.1, 0.15) is 42.5 Å². The monoisotopic (exact) mass is 236 g/mol. The van der Waals surface area contributed by atoms with Crippen molar-refractivity contribution in [3.63, 3.8) is 0 Å². The number of hydrogen-bond acceptors (Lipinski definition) is 2. The van der Waals surface area contributed by atoms with E-state index in [2.05, 4.69) is 0 Å². The van der Waals surface area contributed by atoms with E-state index in [1.807, 2.05) is 0 Å². The van der Waals surface area contributed by atoms with Gasteiger partial charge in [-0.05, 0) is 49.9 Å². The molecule has 0 spiro atoms. The minimum Gasteiger partial charge on any atom is -0.378 e. The van der Waals surface area contributed by atoms with Crippen molar-refractivity contribution in [1.82, 2.24) is 0 Å². The molecule has 17 heavy (non-hydrogen) atoms. The number of carbonyl (C=O) groups is 1. The van der Waals surface area contributed by atoms with Crippen LogP contribution >= 0.6 is 0 Å². The van der Waals surface area contributed by atoms with E-state index in [1.54, 1.807) is 12.1 Å². The lowest BCUT2D eigenvalue weighted by atomic mass is 10.0. The number of hydrogen-bond donors (Lipinski definition) is 0. The van der Waals surface area contributed by atoms with Gasteiger partial charge < -0.3 is 4.74 Å². The van der Waals surface area contributed by atoms with Crippen molar-refractivity contribution in [2.75, 3.05) is 6.61 Å². The summed E-state index contributed by atoms with van der Waals surface area (Å²) in [6.07, 6.45) is 4.86. The molecule has 0 radical (unpaired) electrons. The molecule has 1 saturated heterocycles. The lowest BCUT2D eigenvalue weighted by Crippen LogP contribution is -2.20. The lowest BCUT2D eigenvalue weighted by Gasteiger charge is -2.22. The van der Waals surface area contributed by atoms with Crippen LogP contribution in [-0.2, 0) is 4.74 Å². The topological polar surface area (TPSA) is 26.3 Å². The standard InChI is InChI=1S/C14H17FO2/c15-12-6-4-11(5-7-12)14(16)9-8-13-3-1-2-10-17-13/h4-7,13H,1-3,8-10H2. The average Bonchev–Trinajstić information content (AvgIpc) is 2.38. The van der Waals surface area contributed by atoms with E-state index in [-0.39, 0.29) is 17.7 Å². The Morgan fingerprint density at radius 2 is 2.06 bits per heavy atom. The van der Waals surface area contributed by atoms with E-state index in [0.717, 1.165) is 25.9 Å². The summed E-state index contributed by atoms with van der Waals surface area (Å²) in [6, 6.07) is 5.73. The number of halogens is 1. The Bertz CT molecular complexity index is 366. The van der Waals surface area contributed by atoms with Gasteiger partial charge in [0.25, 0.3) is 0 Å². The minimum absolute atomic E-state index is 0.0687. The van der Waals surface area contributed by atoms with Crippen LogP contribution < -0.4 is 0 Å². The third-order valence-electron chi connectivity index (χ3n) is 3.13. The molecule has 0 N–H and O–H groups in total. The summed E-state index contributed by atoms with van der Waals surface area (Å²) < 4.78 is 18.3. The maximum Gasteiger partial charge on any atom is 0.162 e. The van der Waals surface area contributed by atoms with Crippen molar-refractivity contribution in [1.29, 1.82) is 0 Å². The summed E-state index contributed by atoms with van der Waals surface area (Å²) in [4.78, 5) is 11.8. The van der Waals surface area contributed by atoms with Gasteiger partial charge in [-0.2, -0.15) is 0 Å². The quantitative estimate of drug-likeness (QED) is 0.749. The first kappa shape index (κ1) is 12.2. The first-order chi connectivity index (χ1) is 8.25. The van der Waals surface area contributed by atoms with Gasteiger partial charge in [0.15, 0.2) is 5.78 Å². The third-order valence-corrected chi connectivity index (χ3v) is 3.13. The number of rotatable bonds is 4. The van der Waals surface area contributed by atoms with Crippen molar-refractivity contribution in [2.45, 2.75) is 38.2 Å². The first-order valence-corrected chi connectivity index (χ1v) is 6.16.